The highest BCUT2D eigenvalue weighted by Gasteiger charge is 2.19. The summed E-state index contributed by atoms with van der Waals surface area (Å²) in [4.78, 5) is 19.8. The number of anilines is 3. The molecule has 4 aromatic rings. The third-order valence-corrected chi connectivity index (χ3v) is 6.45. The Bertz CT molecular complexity index is 1290. The van der Waals surface area contributed by atoms with Gasteiger partial charge in [0.25, 0.3) is 5.91 Å². The van der Waals surface area contributed by atoms with Crippen molar-refractivity contribution in [1.82, 2.24) is 20.1 Å². The number of amides is 1. The zero-order valence-electron chi connectivity index (χ0n) is 18.7. The van der Waals surface area contributed by atoms with Crippen LogP contribution in [0.5, 0.6) is 5.75 Å². The molecule has 1 aliphatic rings. The van der Waals surface area contributed by atoms with Gasteiger partial charge in [-0.25, -0.2) is 4.98 Å². The maximum Gasteiger partial charge on any atom is 0.275 e. The van der Waals surface area contributed by atoms with Gasteiger partial charge in [0.2, 0.25) is 5.13 Å². The van der Waals surface area contributed by atoms with Crippen molar-refractivity contribution < 1.29 is 9.53 Å². The molecule has 1 amide bonds. The fourth-order valence-corrected chi connectivity index (χ4v) is 4.64. The fraction of sp³-hybridized carbons (Fsp3) is 0.208. The van der Waals surface area contributed by atoms with Crippen LogP contribution >= 0.6 is 11.3 Å². The molecular formula is C24H25N7O2S. The topological polar surface area (TPSA) is 110 Å². The number of hydrogen-bond donors (Lipinski definition) is 3. The molecule has 2 aromatic heterocycles. The number of thiazole rings is 1. The van der Waals surface area contributed by atoms with Gasteiger partial charge in [-0.1, -0.05) is 12.1 Å². The van der Waals surface area contributed by atoms with Crippen LogP contribution in [0.1, 0.15) is 10.5 Å². The standard InChI is InChI=1S/C24H25N7O2S/c1-33-17-8-6-16(7-9-17)19-14-22(25)31(29-19)24-28-20(15-34-24)23(32)27-18-4-2-3-5-21(18)30-12-10-26-11-13-30/h2-9,14-15,26H,10-13,25H2,1H3,(H,27,32). The molecule has 5 rings (SSSR count). The summed E-state index contributed by atoms with van der Waals surface area (Å²) in [5.41, 5.74) is 9.92. The molecule has 0 bridgehead atoms. The number of nitrogens with zero attached hydrogens (tertiary/aromatic N) is 4. The number of nitrogen functional groups attached to an aromatic ring is 1. The van der Waals surface area contributed by atoms with Gasteiger partial charge in [0, 0.05) is 43.2 Å². The quantitative estimate of drug-likeness (QED) is 0.393. The minimum Gasteiger partial charge on any atom is -0.497 e. The van der Waals surface area contributed by atoms with Gasteiger partial charge in [0.15, 0.2) is 0 Å². The highest BCUT2D eigenvalue weighted by atomic mass is 32.1. The number of methoxy groups -OCH3 is 1. The third kappa shape index (κ3) is 4.45. The van der Waals surface area contributed by atoms with Crippen LogP contribution in [-0.4, -0.2) is 54.0 Å². The number of carbonyl (C=O) groups is 1. The Kier molecular flexibility index (Phi) is 6.15. The summed E-state index contributed by atoms with van der Waals surface area (Å²) in [6.45, 7) is 3.62. The van der Waals surface area contributed by atoms with Gasteiger partial charge in [-0.05, 0) is 36.4 Å². The second-order valence-electron chi connectivity index (χ2n) is 7.82. The van der Waals surface area contributed by atoms with Gasteiger partial charge in [0.1, 0.15) is 17.3 Å². The molecule has 9 nitrogen and oxygen atoms in total. The highest BCUT2D eigenvalue weighted by Crippen LogP contribution is 2.28. The molecule has 1 aliphatic heterocycles. The van der Waals surface area contributed by atoms with Crippen molar-refractivity contribution in [2.24, 2.45) is 0 Å². The molecule has 2 aromatic carbocycles. The van der Waals surface area contributed by atoms with Crippen LogP contribution in [-0.2, 0) is 0 Å². The van der Waals surface area contributed by atoms with E-state index in [1.807, 2.05) is 48.5 Å². The van der Waals surface area contributed by atoms with E-state index in [1.54, 1.807) is 23.2 Å². The largest absolute Gasteiger partial charge is 0.497 e. The molecule has 3 heterocycles. The number of para-hydroxylation sites is 2. The van der Waals surface area contributed by atoms with E-state index in [0.717, 1.165) is 48.9 Å². The van der Waals surface area contributed by atoms with Crippen molar-refractivity contribution >= 4 is 34.4 Å². The summed E-state index contributed by atoms with van der Waals surface area (Å²) in [5.74, 6) is 0.938. The lowest BCUT2D eigenvalue weighted by Crippen LogP contribution is -2.43. The molecule has 0 unspecified atom stereocenters. The van der Waals surface area contributed by atoms with Gasteiger partial charge >= 0.3 is 0 Å². The Hall–Kier alpha value is -3.89. The Labute approximate surface area is 201 Å². The molecule has 174 valence electrons. The first-order chi connectivity index (χ1) is 16.6. The van der Waals surface area contributed by atoms with Crippen LogP contribution in [0.4, 0.5) is 17.2 Å². The third-order valence-electron chi connectivity index (χ3n) is 5.64. The van der Waals surface area contributed by atoms with E-state index in [-0.39, 0.29) is 5.91 Å². The Morgan fingerprint density at radius 3 is 2.68 bits per heavy atom. The van der Waals surface area contributed by atoms with Crippen molar-refractivity contribution in [2.75, 3.05) is 49.2 Å². The number of nitrogens with one attached hydrogen (secondary N) is 2. The second kappa shape index (κ2) is 9.54. The molecule has 0 atom stereocenters. The van der Waals surface area contributed by atoms with Gasteiger partial charge in [-0.2, -0.15) is 9.78 Å². The van der Waals surface area contributed by atoms with Gasteiger partial charge < -0.3 is 26.0 Å². The van der Waals surface area contributed by atoms with Gasteiger partial charge in [0.05, 0.1) is 24.2 Å². The number of piperazine rings is 1. The number of benzene rings is 2. The second-order valence-corrected chi connectivity index (χ2v) is 8.65. The van der Waals surface area contributed by atoms with E-state index in [2.05, 4.69) is 25.6 Å². The first-order valence-corrected chi connectivity index (χ1v) is 11.8. The first-order valence-electron chi connectivity index (χ1n) is 10.9. The molecule has 34 heavy (non-hydrogen) atoms. The van der Waals surface area contributed by atoms with Crippen molar-refractivity contribution in [1.29, 1.82) is 0 Å². The molecule has 1 fully saturated rings. The number of aromatic nitrogens is 3. The van der Waals surface area contributed by atoms with Crippen molar-refractivity contribution in [3.05, 3.63) is 65.7 Å². The smallest absolute Gasteiger partial charge is 0.275 e. The predicted molar refractivity (Wildman–Crippen MR) is 135 cm³/mol. The lowest BCUT2D eigenvalue weighted by molar-refractivity contribution is 0.102. The minimum absolute atomic E-state index is 0.272. The maximum atomic E-state index is 13.0. The van der Waals surface area contributed by atoms with Crippen molar-refractivity contribution in [2.45, 2.75) is 0 Å². The molecular weight excluding hydrogens is 450 g/mol. The zero-order valence-corrected chi connectivity index (χ0v) is 19.5. The number of hydrogen-bond acceptors (Lipinski definition) is 8. The normalized spacial score (nSPS) is 13.6. The van der Waals surface area contributed by atoms with Crippen LogP contribution in [0, 0.1) is 0 Å². The molecule has 1 saturated heterocycles. The van der Waals surface area contributed by atoms with E-state index in [9.17, 15) is 4.79 Å². The summed E-state index contributed by atoms with van der Waals surface area (Å²) in [6, 6.07) is 17.2. The van der Waals surface area contributed by atoms with Crippen molar-refractivity contribution in [3.8, 4) is 22.1 Å². The van der Waals surface area contributed by atoms with E-state index in [1.165, 1.54) is 11.3 Å². The SMILES string of the molecule is COc1ccc(-c2cc(N)n(-c3nc(C(=O)Nc4ccccc4N4CCNCC4)cs3)n2)cc1. The predicted octanol–water partition coefficient (Wildman–Crippen LogP) is 3.25. The van der Waals surface area contributed by atoms with Crippen LogP contribution in [0.2, 0.25) is 0 Å². The summed E-state index contributed by atoms with van der Waals surface area (Å²) >= 11 is 1.31. The fourth-order valence-electron chi connectivity index (χ4n) is 3.86. The molecule has 0 aliphatic carbocycles. The van der Waals surface area contributed by atoms with Crippen LogP contribution in [0.25, 0.3) is 16.4 Å². The van der Waals surface area contributed by atoms with E-state index in [4.69, 9.17) is 10.5 Å². The summed E-state index contributed by atoms with van der Waals surface area (Å²) in [7, 11) is 1.63. The number of ether oxygens (including phenoxy) is 1. The number of carbonyl (C=O) groups excluding carboxylic acids is 1. The average molecular weight is 476 g/mol. The Morgan fingerprint density at radius 2 is 1.91 bits per heavy atom. The van der Waals surface area contributed by atoms with Gasteiger partial charge in [-0.3, -0.25) is 4.79 Å². The summed E-state index contributed by atoms with van der Waals surface area (Å²) in [5, 5.41) is 13.2. The van der Waals surface area contributed by atoms with E-state index in [0.29, 0.717) is 22.3 Å². The zero-order chi connectivity index (χ0) is 23.5. The Balaban J connectivity index is 1.35. The van der Waals surface area contributed by atoms with Gasteiger partial charge in [-0.15, -0.1) is 11.3 Å². The number of nitrogens with two attached hydrogens (primary N) is 1. The monoisotopic (exact) mass is 475 g/mol. The summed E-state index contributed by atoms with van der Waals surface area (Å²) in [6.07, 6.45) is 0. The average Bonchev–Trinajstić information content (AvgIpc) is 3.52. The molecule has 0 spiro atoms. The van der Waals surface area contributed by atoms with Crippen LogP contribution in [0.3, 0.4) is 0 Å². The van der Waals surface area contributed by atoms with Crippen LogP contribution in [0.15, 0.2) is 60.0 Å². The lowest BCUT2D eigenvalue weighted by Gasteiger charge is -2.31. The Morgan fingerprint density at radius 1 is 1.15 bits per heavy atom. The molecule has 10 heteroatoms. The van der Waals surface area contributed by atoms with Crippen molar-refractivity contribution in [3.63, 3.8) is 0 Å². The highest BCUT2D eigenvalue weighted by molar-refractivity contribution is 7.12. The molecule has 4 N–H and O–H groups in total. The molecule has 0 saturated carbocycles. The minimum atomic E-state index is -0.272. The summed E-state index contributed by atoms with van der Waals surface area (Å²) < 4.78 is 6.76. The van der Waals surface area contributed by atoms with E-state index >= 15 is 0 Å². The maximum absolute atomic E-state index is 13.0. The molecule has 0 radical (unpaired) electrons. The lowest BCUT2D eigenvalue weighted by atomic mass is 10.1. The first kappa shape index (κ1) is 21.9. The number of rotatable bonds is 6. The van der Waals surface area contributed by atoms with Crippen LogP contribution < -0.4 is 26.0 Å². The van der Waals surface area contributed by atoms with E-state index < -0.39 is 0 Å².